The molecule has 0 radical (unpaired) electrons. The Morgan fingerprint density at radius 1 is 1.04 bits per heavy atom. The van der Waals surface area contributed by atoms with Crippen molar-refractivity contribution in [3.63, 3.8) is 0 Å². The highest BCUT2D eigenvalue weighted by Crippen LogP contribution is 2.30. The van der Waals surface area contributed by atoms with Gasteiger partial charge in [-0.15, -0.1) is 0 Å². The van der Waals surface area contributed by atoms with Gasteiger partial charge in [-0.05, 0) is 42.0 Å². The summed E-state index contributed by atoms with van der Waals surface area (Å²) in [6.45, 7) is 3.20. The molecule has 1 saturated heterocycles. The Hall–Kier alpha value is -1.54. The SMILES string of the molecule is FC(F)(F)c1cccc(CN2CCN(C(=S)Nc3cc(Cl)ccc3Cl)CC2)c1. The van der Waals surface area contributed by atoms with E-state index in [0.29, 0.717) is 59.1 Å². The van der Waals surface area contributed by atoms with E-state index >= 15 is 0 Å². The molecule has 0 saturated carbocycles. The highest BCUT2D eigenvalue weighted by Gasteiger charge is 2.30. The number of benzene rings is 2. The molecule has 1 heterocycles. The fraction of sp³-hybridized carbons (Fsp3) is 0.316. The molecule has 1 fully saturated rings. The number of hydrogen-bond donors (Lipinski definition) is 1. The second-order valence-electron chi connectivity index (χ2n) is 6.52. The molecule has 0 aliphatic carbocycles. The topological polar surface area (TPSA) is 18.5 Å². The predicted octanol–water partition coefficient (Wildman–Crippen LogP) is 5.53. The lowest BCUT2D eigenvalue weighted by atomic mass is 10.1. The van der Waals surface area contributed by atoms with Gasteiger partial charge in [-0.25, -0.2) is 0 Å². The van der Waals surface area contributed by atoms with E-state index in [-0.39, 0.29) is 0 Å². The van der Waals surface area contributed by atoms with E-state index in [0.717, 1.165) is 6.07 Å². The molecule has 3 rings (SSSR count). The van der Waals surface area contributed by atoms with Crippen LogP contribution in [0, 0.1) is 0 Å². The first-order chi connectivity index (χ1) is 13.2. The first kappa shape index (κ1) is 21.2. The largest absolute Gasteiger partial charge is 0.416 e. The molecule has 2 aromatic rings. The lowest BCUT2D eigenvalue weighted by Crippen LogP contribution is -2.49. The smallest absolute Gasteiger partial charge is 0.346 e. The molecular formula is C19H18Cl2F3N3S. The number of nitrogens with one attached hydrogen (secondary N) is 1. The summed E-state index contributed by atoms with van der Waals surface area (Å²) in [4.78, 5) is 4.12. The molecule has 1 aliphatic rings. The van der Waals surface area contributed by atoms with Crippen LogP contribution in [0.1, 0.15) is 11.1 Å². The van der Waals surface area contributed by atoms with Crippen molar-refractivity contribution in [3.05, 3.63) is 63.6 Å². The molecule has 150 valence electrons. The summed E-state index contributed by atoms with van der Waals surface area (Å²) in [5.74, 6) is 0. The van der Waals surface area contributed by atoms with E-state index in [1.54, 1.807) is 24.3 Å². The Bertz CT molecular complexity index is 853. The van der Waals surface area contributed by atoms with Gasteiger partial charge in [0.2, 0.25) is 0 Å². The maximum absolute atomic E-state index is 12.9. The number of rotatable bonds is 3. The van der Waals surface area contributed by atoms with Gasteiger partial charge in [0.25, 0.3) is 0 Å². The van der Waals surface area contributed by atoms with Crippen molar-refractivity contribution < 1.29 is 13.2 Å². The number of hydrogen-bond acceptors (Lipinski definition) is 2. The zero-order chi connectivity index (χ0) is 20.3. The van der Waals surface area contributed by atoms with Crippen molar-refractivity contribution in [1.82, 2.24) is 9.80 Å². The fourth-order valence-corrected chi connectivity index (χ4v) is 3.63. The summed E-state index contributed by atoms with van der Waals surface area (Å²) in [5, 5.41) is 4.73. The van der Waals surface area contributed by atoms with Crippen LogP contribution in [0.25, 0.3) is 0 Å². The van der Waals surface area contributed by atoms with Crippen LogP contribution in [0.3, 0.4) is 0 Å². The van der Waals surface area contributed by atoms with E-state index in [2.05, 4.69) is 10.2 Å². The van der Waals surface area contributed by atoms with Crippen LogP contribution < -0.4 is 5.32 Å². The molecule has 1 N–H and O–H groups in total. The number of halogens is 5. The zero-order valence-corrected chi connectivity index (χ0v) is 17.1. The van der Waals surface area contributed by atoms with Crippen molar-refractivity contribution >= 4 is 46.2 Å². The first-order valence-electron chi connectivity index (χ1n) is 8.62. The molecule has 0 aromatic heterocycles. The van der Waals surface area contributed by atoms with E-state index < -0.39 is 11.7 Å². The normalized spacial score (nSPS) is 15.5. The van der Waals surface area contributed by atoms with E-state index in [1.807, 2.05) is 4.90 Å². The van der Waals surface area contributed by atoms with Crippen molar-refractivity contribution in [2.24, 2.45) is 0 Å². The zero-order valence-electron chi connectivity index (χ0n) is 14.8. The van der Waals surface area contributed by atoms with Crippen LogP contribution in [-0.4, -0.2) is 41.1 Å². The minimum Gasteiger partial charge on any atom is -0.346 e. The van der Waals surface area contributed by atoms with Gasteiger partial charge in [-0.3, -0.25) is 4.90 Å². The van der Waals surface area contributed by atoms with Gasteiger partial charge >= 0.3 is 6.18 Å². The second kappa shape index (κ2) is 8.86. The number of alkyl halides is 3. The van der Waals surface area contributed by atoms with Crippen LogP contribution in [0.2, 0.25) is 10.0 Å². The third kappa shape index (κ3) is 5.50. The minimum atomic E-state index is -4.33. The first-order valence-corrected chi connectivity index (χ1v) is 9.78. The third-order valence-corrected chi connectivity index (χ3v) is 5.41. The fourth-order valence-electron chi connectivity index (χ4n) is 3.00. The monoisotopic (exact) mass is 447 g/mol. The number of anilines is 1. The molecule has 0 bridgehead atoms. The van der Waals surface area contributed by atoms with Crippen LogP contribution in [0.5, 0.6) is 0 Å². The number of piperazine rings is 1. The average molecular weight is 448 g/mol. The summed E-state index contributed by atoms with van der Waals surface area (Å²) in [6.07, 6.45) is -4.33. The quantitative estimate of drug-likeness (QED) is 0.623. The molecule has 28 heavy (non-hydrogen) atoms. The van der Waals surface area contributed by atoms with E-state index in [1.165, 1.54) is 12.1 Å². The molecule has 0 amide bonds. The molecule has 0 atom stereocenters. The molecule has 2 aromatic carbocycles. The standard InChI is InChI=1S/C19H18Cl2F3N3S/c20-15-4-5-16(21)17(11-15)25-18(28)27-8-6-26(7-9-27)12-13-2-1-3-14(10-13)19(22,23)24/h1-5,10-11H,6-9,12H2,(H,25,28). The van der Waals surface area contributed by atoms with Gasteiger partial charge in [0, 0.05) is 37.7 Å². The maximum Gasteiger partial charge on any atom is 0.416 e. The van der Waals surface area contributed by atoms with Gasteiger partial charge in [0.1, 0.15) is 0 Å². The Morgan fingerprint density at radius 3 is 2.43 bits per heavy atom. The Labute approximate surface area is 177 Å². The van der Waals surface area contributed by atoms with Crippen molar-refractivity contribution in [2.45, 2.75) is 12.7 Å². The summed E-state index contributed by atoms with van der Waals surface area (Å²) >= 11 is 17.6. The van der Waals surface area contributed by atoms with Crippen LogP contribution in [0.4, 0.5) is 18.9 Å². The number of thiocarbonyl (C=S) groups is 1. The Morgan fingerprint density at radius 2 is 1.75 bits per heavy atom. The van der Waals surface area contributed by atoms with Gasteiger partial charge in [-0.2, -0.15) is 13.2 Å². The molecule has 0 spiro atoms. The van der Waals surface area contributed by atoms with Crippen LogP contribution in [-0.2, 0) is 12.7 Å². The van der Waals surface area contributed by atoms with Crippen LogP contribution >= 0.6 is 35.4 Å². The third-order valence-electron chi connectivity index (χ3n) is 4.49. The molecule has 3 nitrogen and oxygen atoms in total. The lowest BCUT2D eigenvalue weighted by molar-refractivity contribution is -0.137. The van der Waals surface area contributed by atoms with Gasteiger partial charge in [0.05, 0.1) is 16.3 Å². The predicted molar refractivity (Wildman–Crippen MR) is 111 cm³/mol. The van der Waals surface area contributed by atoms with Crippen molar-refractivity contribution in [2.75, 3.05) is 31.5 Å². The lowest BCUT2D eigenvalue weighted by Gasteiger charge is -2.36. The molecule has 9 heteroatoms. The highest BCUT2D eigenvalue weighted by atomic mass is 35.5. The van der Waals surface area contributed by atoms with Gasteiger partial charge < -0.3 is 10.2 Å². The summed E-state index contributed by atoms with van der Waals surface area (Å²) in [6, 6.07) is 10.6. The second-order valence-corrected chi connectivity index (χ2v) is 7.75. The van der Waals surface area contributed by atoms with Gasteiger partial charge in [-0.1, -0.05) is 41.4 Å². The van der Waals surface area contributed by atoms with Crippen LogP contribution in [0.15, 0.2) is 42.5 Å². The average Bonchev–Trinajstić information content (AvgIpc) is 2.65. The maximum atomic E-state index is 12.9. The van der Waals surface area contributed by atoms with Crippen molar-refractivity contribution in [1.29, 1.82) is 0 Å². The van der Waals surface area contributed by atoms with E-state index in [4.69, 9.17) is 35.4 Å². The molecular weight excluding hydrogens is 430 g/mol. The Kier molecular flexibility index (Phi) is 6.70. The summed E-state index contributed by atoms with van der Waals surface area (Å²) in [7, 11) is 0. The molecule has 0 unspecified atom stereocenters. The Balaban J connectivity index is 1.54. The highest BCUT2D eigenvalue weighted by molar-refractivity contribution is 7.80. The van der Waals surface area contributed by atoms with Crippen molar-refractivity contribution in [3.8, 4) is 0 Å². The summed E-state index contributed by atoms with van der Waals surface area (Å²) in [5.41, 5.74) is 0.674. The van der Waals surface area contributed by atoms with Gasteiger partial charge in [0.15, 0.2) is 5.11 Å². The minimum absolute atomic E-state index is 0.470. The summed E-state index contributed by atoms with van der Waals surface area (Å²) < 4.78 is 38.6. The molecule has 1 aliphatic heterocycles. The van der Waals surface area contributed by atoms with E-state index in [9.17, 15) is 13.2 Å². The number of nitrogens with zero attached hydrogens (tertiary/aromatic N) is 2.